The molecule has 0 saturated carbocycles. The summed E-state index contributed by atoms with van der Waals surface area (Å²) in [6.07, 6.45) is 1.06. The summed E-state index contributed by atoms with van der Waals surface area (Å²) in [5.74, 6) is -1.13. The average molecular weight is 602 g/mol. The first-order chi connectivity index (χ1) is 20.5. The second-order valence-corrected chi connectivity index (χ2v) is 12.0. The molecule has 6 rings (SSSR count). The smallest absolute Gasteiger partial charge is 0.255 e. The zero-order valence-electron chi connectivity index (χ0n) is 23.2. The van der Waals surface area contributed by atoms with Gasteiger partial charge in [0.25, 0.3) is 5.91 Å². The van der Waals surface area contributed by atoms with E-state index in [9.17, 15) is 22.0 Å². The predicted molar refractivity (Wildman–Crippen MR) is 163 cm³/mol. The zero-order chi connectivity index (χ0) is 30.6. The fourth-order valence-corrected chi connectivity index (χ4v) is 5.52. The Morgan fingerprint density at radius 1 is 1.02 bits per heavy atom. The van der Waals surface area contributed by atoms with Crippen LogP contribution >= 0.6 is 0 Å². The van der Waals surface area contributed by atoms with Gasteiger partial charge in [-0.25, -0.2) is 22.2 Å². The molecule has 0 atom stereocenters. The maximum atomic E-state index is 14.4. The minimum absolute atomic E-state index is 0.181. The molecule has 3 aromatic carbocycles. The molecule has 6 aromatic rings. The number of nitrogens with one attached hydrogen (secondary N) is 2. The van der Waals surface area contributed by atoms with Crippen LogP contribution in [0.1, 0.15) is 10.4 Å². The summed E-state index contributed by atoms with van der Waals surface area (Å²) in [5.41, 5.74) is 9.74. The van der Waals surface area contributed by atoms with Crippen LogP contribution in [0, 0.1) is 11.6 Å². The third-order valence-corrected chi connectivity index (χ3v) is 8.46. The molecule has 0 fully saturated rings. The quantitative estimate of drug-likeness (QED) is 0.217. The molecule has 0 unspecified atom stereocenters. The number of carbonyl (C=O) groups is 1. The third kappa shape index (κ3) is 4.85. The molecule has 0 spiro atoms. The number of nitrogens with zero attached hydrogens (tertiary/aromatic N) is 2. The lowest BCUT2D eigenvalue weighted by atomic mass is 10.0. The van der Waals surface area contributed by atoms with Crippen LogP contribution in [0.25, 0.3) is 55.8 Å². The van der Waals surface area contributed by atoms with Crippen molar-refractivity contribution in [2.45, 2.75) is 0 Å². The summed E-state index contributed by atoms with van der Waals surface area (Å²) in [6.45, 7) is 0. The van der Waals surface area contributed by atoms with Crippen molar-refractivity contribution in [3.63, 3.8) is 0 Å². The topological polar surface area (TPSA) is 134 Å². The molecule has 12 heteroatoms. The van der Waals surface area contributed by atoms with Gasteiger partial charge >= 0.3 is 0 Å². The number of pyridine rings is 1. The number of furan rings is 1. The number of hydrogen-bond acceptors (Lipinski definition) is 6. The molecule has 0 aliphatic carbocycles. The summed E-state index contributed by atoms with van der Waals surface area (Å²) in [7, 11) is -0.896. The number of anilines is 2. The Hall–Kier alpha value is -5.23. The van der Waals surface area contributed by atoms with E-state index in [-0.39, 0.29) is 22.6 Å². The van der Waals surface area contributed by atoms with Crippen LogP contribution < -0.4 is 15.4 Å². The molecular weight excluding hydrogens is 576 g/mol. The lowest BCUT2D eigenvalue weighted by Gasteiger charge is -2.20. The van der Waals surface area contributed by atoms with Crippen LogP contribution in [0.5, 0.6) is 0 Å². The van der Waals surface area contributed by atoms with Crippen molar-refractivity contribution >= 4 is 49.2 Å². The van der Waals surface area contributed by atoms with Gasteiger partial charge in [-0.15, -0.1) is 0 Å². The molecule has 4 N–H and O–H groups in total. The van der Waals surface area contributed by atoms with Crippen molar-refractivity contribution in [3.8, 4) is 34.0 Å². The van der Waals surface area contributed by atoms with E-state index in [2.05, 4.69) is 10.3 Å². The predicted octanol–water partition coefficient (Wildman–Crippen LogP) is 5.93. The van der Waals surface area contributed by atoms with Crippen LogP contribution in [0.15, 0.2) is 77.2 Å². The van der Waals surface area contributed by atoms with Gasteiger partial charge in [-0.3, -0.25) is 9.10 Å². The van der Waals surface area contributed by atoms with Crippen molar-refractivity contribution in [2.75, 3.05) is 30.4 Å². The molecule has 3 heterocycles. The molecule has 0 aliphatic rings. The van der Waals surface area contributed by atoms with E-state index in [1.165, 1.54) is 50.5 Å². The van der Waals surface area contributed by atoms with Crippen LogP contribution in [-0.4, -0.2) is 44.6 Å². The molecule has 9 nitrogen and oxygen atoms in total. The second kappa shape index (κ2) is 10.2. The van der Waals surface area contributed by atoms with E-state index in [1.54, 1.807) is 36.4 Å². The van der Waals surface area contributed by atoms with Crippen molar-refractivity contribution in [1.82, 2.24) is 15.3 Å². The molecule has 3 aromatic heterocycles. The van der Waals surface area contributed by atoms with Crippen molar-refractivity contribution in [2.24, 2.45) is 0 Å². The molecule has 218 valence electrons. The lowest BCUT2D eigenvalue weighted by molar-refractivity contribution is 0.0964. The first kappa shape index (κ1) is 27.9. The number of aromatic amines is 1. The van der Waals surface area contributed by atoms with Crippen LogP contribution in [0.4, 0.5) is 20.2 Å². The highest BCUT2D eigenvalue weighted by Gasteiger charge is 2.26. The fraction of sp³-hybridized carbons (Fsp3) is 0.0968. The van der Waals surface area contributed by atoms with Gasteiger partial charge < -0.3 is 20.5 Å². The molecule has 0 bridgehead atoms. The highest BCUT2D eigenvalue weighted by atomic mass is 32.2. The first-order valence-electron chi connectivity index (χ1n) is 13.0. The molecule has 0 aliphatic heterocycles. The molecule has 1 amide bonds. The zero-order valence-corrected chi connectivity index (χ0v) is 24.0. The molecule has 0 radical (unpaired) electrons. The Morgan fingerprint density at radius 3 is 2.44 bits per heavy atom. The van der Waals surface area contributed by atoms with Gasteiger partial charge in [-0.05, 0) is 60.7 Å². The van der Waals surface area contributed by atoms with Crippen LogP contribution in [-0.2, 0) is 10.0 Å². The van der Waals surface area contributed by atoms with Gasteiger partial charge in [0.05, 0.1) is 34.6 Å². The maximum absolute atomic E-state index is 14.4. The van der Waals surface area contributed by atoms with Gasteiger partial charge in [0.15, 0.2) is 0 Å². The number of halogens is 2. The van der Waals surface area contributed by atoms with E-state index in [1.807, 2.05) is 0 Å². The van der Waals surface area contributed by atoms with E-state index in [4.69, 9.17) is 15.1 Å². The van der Waals surface area contributed by atoms with E-state index >= 15 is 0 Å². The Labute approximate surface area is 245 Å². The Morgan fingerprint density at radius 2 is 1.77 bits per heavy atom. The van der Waals surface area contributed by atoms with E-state index in [0.29, 0.717) is 50.2 Å². The van der Waals surface area contributed by atoms with Gasteiger partial charge in [0.1, 0.15) is 28.7 Å². The van der Waals surface area contributed by atoms with Crippen LogP contribution in [0.2, 0.25) is 0 Å². The molecular formula is C31H25F2N5O4S. The third-order valence-electron chi connectivity index (χ3n) is 7.27. The molecule has 0 saturated heterocycles. The molecule has 43 heavy (non-hydrogen) atoms. The number of fused-ring (bicyclic) bond motifs is 2. The minimum Gasteiger partial charge on any atom is -0.455 e. The Kier molecular flexibility index (Phi) is 6.65. The number of H-pyrrole nitrogens is 1. The number of benzene rings is 3. The van der Waals surface area contributed by atoms with E-state index < -0.39 is 27.6 Å². The number of nitrogen functional groups attached to an aromatic ring is 1. The minimum atomic E-state index is -3.76. The Balaban J connectivity index is 1.63. The highest BCUT2D eigenvalue weighted by molar-refractivity contribution is 7.92. The van der Waals surface area contributed by atoms with Gasteiger partial charge in [-0.1, -0.05) is 6.07 Å². The summed E-state index contributed by atoms with van der Waals surface area (Å²) >= 11 is 0. The average Bonchev–Trinajstić information content (AvgIpc) is 3.58. The van der Waals surface area contributed by atoms with Gasteiger partial charge in [-0.2, -0.15) is 0 Å². The fourth-order valence-electron chi connectivity index (χ4n) is 5.01. The van der Waals surface area contributed by atoms with Crippen molar-refractivity contribution in [1.29, 1.82) is 0 Å². The maximum Gasteiger partial charge on any atom is 0.255 e. The normalized spacial score (nSPS) is 11.7. The van der Waals surface area contributed by atoms with Gasteiger partial charge in [0, 0.05) is 47.6 Å². The highest BCUT2D eigenvalue weighted by Crippen LogP contribution is 2.42. The van der Waals surface area contributed by atoms with Crippen molar-refractivity contribution < 1.29 is 26.4 Å². The van der Waals surface area contributed by atoms with Crippen LogP contribution in [0.3, 0.4) is 0 Å². The first-order valence-corrected chi connectivity index (χ1v) is 14.9. The largest absolute Gasteiger partial charge is 0.455 e. The summed E-state index contributed by atoms with van der Waals surface area (Å²) in [5, 5.41) is 3.36. The number of amides is 1. The SMILES string of the molecule is CNC(=O)c1c(-c2ccc(F)cc2)oc2cc(N(C)S(C)(=O)=O)c(-c3ccc(N)c(-c4cc5c(F)cccc5[nH]4)n3)cc12. The monoisotopic (exact) mass is 601 g/mol. The van der Waals surface area contributed by atoms with E-state index in [0.717, 1.165) is 10.6 Å². The standard InChI is InChI=1S/C31H25F2N5O4S/c1-35-31(39)28-20-13-19(24-12-11-22(34)29(37-24)25-14-18-21(33)5-4-6-23(18)36-25)26(38(2)43(3,40)41)15-27(20)42-30(28)16-7-9-17(32)10-8-16/h4-15,36H,34H2,1-3H3,(H,35,39). The summed E-state index contributed by atoms with van der Waals surface area (Å²) in [4.78, 5) is 21.1. The summed E-state index contributed by atoms with van der Waals surface area (Å²) in [6, 6.07) is 18.1. The number of aromatic nitrogens is 2. The Bertz CT molecular complexity index is 2170. The number of nitrogens with two attached hydrogens (primary N) is 1. The number of hydrogen-bond donors (Lipinski definition) is 3. The lowest BCUT2D eigenvalue weighted by Crippen LogP contribution is -2.25. The summed E-state index contributed by atoms with van der Waals surface area (Å²) < 4.78 is 60.8. The second-order valence-electron chi connectivity index (χ2n) is 10.0. The number of carbonyl (C=O) groups excluding carboxylic acids is 1. The number of sulfonamides is 1. The number of rotatable bonds is 6. The van der Waals surface area contributed by atoms with Crippen molar-refractivity contribution in [3.05, 3.63) is 90.0 Å². The van der Waals surface area contributed by atoms with Gasteiger partial charge in [0.2, 0.25) is 10.0 Å².